The number of hydrogen-bond acceptors (Lipinski definition) is 6. The molecule has 0 saturated heterocycles. The molecule has 0 aliphatic carbocycles. The molecule has 6 nitrogen and oxygen atoms in total. The van der Waals surface area contributed by atoms with Crippen molar-refractivity contribution < 1.29 is 28.5 Å². The maximum atomic E-state index is 12.7. The van der Waals surface area contributed by atoms with Crippen LogP contribution in [-0.4, -0.2) is 36.9 Å². The van der Waals surface area contributed by atoms with E-state index in [2.05, 4.69) is 41.5 Å². The largest absolute Gasteiger partial charge is 0.487 e. The van der Waals surface area contributed by atoms with Gasteiger partial charge in [-0.3, -0.25) is 9.59 Å². The predicted molar refractivity (Wildman–Crippen MR) is 180 cm³/mol. The minimum Gasteiger partial charge on any atom is -0.487 e. The molecule has 3 atom stereocenters. The summed E-state index contributed by atoms with van der Waals surface area (Å²) in [6.45, 7) is 22.2. The number of ether oxygens (including phenoxy) is 4. The van der Waals surface area contributed by atoms with Gasteiger partial charge in [0.2, 0.25) is 0 Å². The second-order valence-electron chi connectivity index (χ2n) is 14.5. The third kappa shape index (κ3) is 13.1. The molecule has 1 aliphatic rings. The number of carbonyl (C=O) groups is 2. The zero-order valence-corrected chi connectivity index (χ0v) is 29.9. The molecule has 0 bridgehead atoms. The van der Waals surface area contributed by atoms with E-state index >= 15 is 0 Å². The molecule has 3 unspecified atom stereocenters. The number of hydrogen-bond donors (Lipinski definition) is 0. The van der Waals surface area contributed by atoms with E-state index in [1.54, 1.807) is 0 Å². The molecule has 0 aromatic heterocycles. The van der Waals surface area contributed by atoms with E-state index in [9.17, 15) is 9.59 Å². The van der Waals surface area contributed by atoms with Crippen LogP contribution in [0.3, 0.4) is 0 Å². The van der Waals surface area contributed by atoms with Crippen LogP contribution in [0, 0.1) is 38.5 Å². The maximum absolute atomic E-state index is 12.7. The van der Waals surface area contributed by atoms with E-state index < -0.39 is 11.9 Å². The van der Waals surface area contributed by atoms with Crippen LogP contribution in [0.4, 0.5) is 0 Å². The Morgan fingerprint density at radius 3 is 1.98 bits per heavy atom. The molecule has 1 aliphatic heterocycles. The molecule has 44 heavy (non-hydrogen) atoms. The quantitative estimate of drug-likeness (QED) is 0.0825. The summed E-state index contributed by atoms with van der Waals surface area (Å²) in [5.74, 6) is 3.12. The molecule has 1 aromatic rings. The standard InChI is InChI=1S/C38H64O6/c1-26(2)14-11-15-28(5)16-12-17-29(6)18-13-22-38(10)23-21-33-32(9)36(30(7)31(8)37(33)44-38)43-35(40)20-19-34(39)42-25-24-41-27(3)4/h26-29H,11-25H2,1-10H3. The van der Waals surface area contributed by atoms with Crippen LogP contribution >= 0.6 is 0 Å². The summed E-state index contributed by atoms with van der Waals surface area (Å²) in [6.07, 6.45) is 13.5. The average Bonchev–Trinajstić information content (AvgIpc) is 2.95. The molecule has 2 rings (SSSR count). The van der Waals surface area contributed by atoms with Gasteiger partial charge in [-0.15, -0.1) is 0 Å². The molecule has 0 saturated carbocycles. The summed E-state index contributed by atoms with van der Waals surface area (Å²) in [7, 11) is 0. The van der Waals surface area contributed by atoms with Gasteiger partial charge in [0, 0.05) is 5.56 Å². The molecule has 1 aromatic carbocycles. The number of benzene rings is 1. The van der Waals surface area contributed by atoms with E-state index in [0.29, 0.717) is 12.4 Å². The normalized spacial score (nSPS) is 17.7. The average molecular weight is 617 g/mol. The molecule has 0 N–H and O–H groups in total. The van der Waals surface area contributed by atoms with Gasteiger partial charge in [-0.25, -0.2) is 0 Å². The highest BCUT2D eigenvalue weighted by Gasteiger charge is 2.35. The molecule has 6 heteroatoms. The smallest absolute Gasteiger partial charge is 0.311 e. The minimum absolute atomic E-state index is 0.0137. The fraction of sp³-hybridized carbons (Fsp3) is 0.789. The molecule has 0 spiro atoms. The van der Waals surface area contributed by atoms with Gasteiger partial charge >= 0.3 is 11.9 Å². The van der Waals surface area contributed by atoms with Crippen LogP contribution in [-0.2, 0) is 25.5 Å². The lowest BCUT2D eigenvalue weighted by Crippen LogP contribution is -2.37. The zero-order valence-electron chi connectivity index (χ0n) is 29.9. The predicted octanol–water partition coefficient (Wildman–Crippen LogP) is 9.79. The van der Waals surface area contributed by atoms with Gasteiger partial charge in [0.15, 0.2) is 0 Å². The van der Waals surface area contributed by atoms with Crippen molar-refractivity contribution in [2.75, 3.05) is 13.2 Å². The van der Waals surface area contributed by atoms with Crippen molar-refractivity contribution in [3.8, 4) is 11.5 Å². The van der Waals surface area contributed by atoms with Gasteiger partial charge in [0.05, 0.1) is 25.6 Å². The summed E-state index contributed by atoms with van der Waals surface area (Å²) in [5.41, 5.74) is 3.85. The Morgan fingerprint density at radius 2 is 1.36 bits per heavy atom. The third-order valence-electron chi connectivity index (χ3n) is 9.38. The van der Waals surface area contributed by atoms with Gasteiger partial charge in [-0.05, 0) is 102 Å². The van der Waals surface area contributed by atoms with Gasteiger partial charge < -0.3 is 18.9 Å². The highest BCUT2D eigenvalue weighted by atomic mass is 16.6. The van der Waals surface area contributed by atoms with Crippen molar-refractivity contribution in [2.24, 2.45) is 17.8 Å². The third-order valence-corrected chi connectivity index (χ3v) is 9.38. The maximum Gasteiger partial charge on any atom is 0.311 e. The summed E-state index contributed by atoms with van der Waals surface area (Å²) < 4.78 is 23.1. The second-order valence-corrected chi connectivity index (χ2v) is 14.5. The lowest BCUT2D eigenvalue weighted by molar-refractivity contribution is -0.148. The monoisotopic (exact) mass is 616 g/mol. The highest BCUT2D eigenvalue weighted by molar-refractivity contribution is 5.80. The SMILES string of the molecule is Cc1c(C)c2c(c(C)c1OC(=O)CCC(=O)OCCOC(C)C)CCC(C)(CCCC(C)CCCC(C)CCCC(C)C)O2. The van der Waals surface area contributed by atoms with Crippen molar-refractivity contribution in [3.05, 3.63) is 22.3 Å². The van der Waals surface area contributed by atoms with Crippen molar-refractivity contribution in [2.45, 2.75) is 164 Å². The first-order valence-electron chi connectivity index (χ1n) is 17.5. The van der Waals surface area contributed by atoms with E-state index in [4.69, 9.17) is 18.9 Å². The Kier molecular flexibility index (Phi) is 16.3. The Morgan fingerprint density at radius 1 is 0.773 bits per heavy atom. The Labute approximate surface area is 269 Å². The van der Waals surface area contributed by atoms with Crippen LogP contribution in [0.25, 0.3) is 0 Å². The van der Waals surface area contributed by atoms with Crippen LogP contribution < -0.4 is 9.47 Å². The molecule has 0 amide bonds. The van der Waals surface area contributed by atoms with E-state index in [1.165, 1.54) is 51.4 Å². The molecule has 252 valence electrons. The minimum atomic E-state index is -0.429. The summed E-state index contributed by atoms with van der Waals surface area (Å²) in [5, 5.41) is 0. The lowest BCUT2D eigenvalue weighted by atomic mass is 9.83. The van der Waals surface area contributed by atoms with Crippen LogP contribution in [0.2, 0.25) is 0 Å². The van der Waals surface area contributed by atoms with E-state index in [-0.39, 0.29) is 31.2 Å². The Balaban J connectivity index is 1.84. The molecule has 0 fully saturated rings. The van der Waals surface area contributed by atoms with E-state index in [0.717, 1.165) is 65.0 Å². The summed E-state index contributed by atoms with van der Waals surface area (Å²) in [6, 6.07) is 0. The van der Waals surface area contributed by atoms with Crippen molar-refractivity contribution in [1.29, 1.82) is 0 Å². The molecular formula is C38H64O6. The topological polar surface area (TPSA) is 71.1 Å². The highest BCUT2D eigenvalue weighted by Crippen LogP contribution is 2.45. The van der Waals surface area contributed by atoms with E-state index in [1.807, 2.05) is 27.7 Å². The first kappa shape index (κ1) is 38.1. The summed E-state index contributed by atoms with van der Waals surface area (Å²) in [4.78, 5) is 24.7. The second kappa shape index (κ2) is 18.8. The van der Waals surface area contributed by atoms with Crippen molar-refractivity contribution in [3.63, 3.8) is 0 Å². The van der Waals surface area contributed by atoms with Gasteiger partial charge in [0.25, 0.3) is 0 Å². The van der Waals surface area contributed by atoms with Crippen molar-refractivity contribution in [1.82, 2.24) is 0 Å². The van der Waals surface area contributed by atoms with Crippen molar-refractivity contribution >= 4 is 11.9 Å². The van der Waals surface area contributed by atoms with Gasteiger partial charge in [-0.2, -0.15) is 0 Å². The lowest BCUT2D eigenvalue weighted by Gasteiger charge is -2.38. The number of carbonyl (C=O) groups excluding carboxylic acids is 2. The zero-order chi connectivity index (χ0) is 32.9. The fourth-order valence-corrected chi connectivity index (χ4v) is 6.29. The first-order valence-corrected chi connectivity index (χ1v) is 17.5. The summed E-state index contributed by atoms with van der Waals surface area (Å²) >= 11 is 0. The number of fused-ring (bicyclic) bond motifs is 1. The first-order chi connectivity index (χ1) is 20.7. The Bertz CT molecular complexity index is 1040. The molecule has 0 radical (unpaired) electrons. The van der Waals surface area contributed by atoms with Crippen LogP contribution in [0.5, 0.6) is 11.5 Å². The van der Waals surface area contributed by atoms with Crippen LogP contribution in [0.15, 0.2) is 0 Å². The number of rotatable bonds is 20. The van der Waals surface area contributed by atoms with Crippen LogP contribution in [0.1, 0.15) is 148 Å². The van der Waals surface area contributed by atoms with Gasteiger partial charge in [0.1, 0.15) is 23.7 Å². The molecular weight excluding hydrogens is 552 g/mol. The van der Waals surface area contributed by atoms with Gasteiger partial charge in [-0.1, -0.05) is 72.6 Å². The fourth-order valence-electron chi connectivity index (χ4n) is 6.29. The Hall–Kier alpha value is -2.08. The molecule has 1 heterocycles. The number of esters is 2.